The van der Waals surface area contributed by atoms with Gasteiger partial charge < -0.3 is 4.74 Å². The number of ether oxygens (including phenoxy) is 1. The summed E-state index contributed by atoms with van der Waals surface area (Å²) in [6, 6.07) is 13.7. The van der Waals surface area contributed by atoms with E-state index in [1.807, 2.05) is 43.3 Å². The fourth-order valence-electron chi connectivity index (χ4n) is 2.07. The maximum absolute atomic E-state index is 11.8. The van der Waals surface area contributed by atoms with E-state index in [0.717, 1.165) is 21.3 Å². The Balaban J connectivity index is 1.88. The fourth-order valence-corrected chi connectivity index (χ4v) is 2.49. The van der Waals surface area contributed by atoms with Gasteiger partial charge in [0.2, 0.25) is 0 Å². The van der Waals surface area contributed by atoms with Crippen LogP contribution in [0.25, 0.3) is 0 Å². The number of nitrogens with one attached hydrogen (secondary N) is 1. The van der Waals surface area contributed by atoms with Crippen LogP contribution in [0.4, 0.5) is 0 Å². The second kappa shape index (κ2) is 8.64. The normalized spacial score (nSPS) is 11.0. The molecule has 5 heteroatoms. The molecule has 4 nitrogen and oxygen atoms in total. The maximum Gasteiger partial charge on any atom is 0.277 e. The number of hydrogen-bond donors (Lipinski definition) is 1. The Hall–Kier alpha value is -2.14. The molecular formula is C19H21BrN2O2. The number of carbonyl (C=O) groups excluding carboxylic acids is 1. The van der Waals surface area contributed by atoms with E-state index in [-0.39, 0.29) is 12.5 Å². The molecule has 0 heterocycles. The summed E-state index contributed by atoms with van der Waals surface area (Å²) in [7, 11) is 0. The van der Waals surface area contributed by atoms with Crippen LogP contribution in [0, 0.1) is 6.92 Å². The van der Waals surface area contributed by atoms with Gasteiger partial charge in [0.1, 0.15) is 5.75 Å². The Labute approximate surface area is 151 Å². The first-order chi connectivity index (χ1) is 11.5. The molecule has 2 aromatic rings. The van der Waals surface area contributed by atoms with Crippen molar-refractivity contribution in [3.05, 3.63) is 63.6 Å². The van der Waals surface area contributed by atoms with Gasteiger partial charge in [0.05, 0.1) is 6.21 Å². The minimum Gasteiger partial charge on any atom is -0.483 e. The average molecular weight is 389 g/mol. The average Bonchev–Trinajstić information content (AvgIpc) is 2.54. The van der Waals surface area contributed by atoms with Crippen LogP contribution in [-0.4, -0.2) is 18.7 Å². The zero-order chi connectivity index (χ0) is 17.5. The van der Waals surface area contributed by atoms with Gasteiger partial charge >= 0.3 is 0 Å². The monoisotopic (exact) mass is 388 g/mol. The lowest BCUT2D eigenvalue weighted by atomic mass is 10.0. The number of carbonyl (C=O) groups is 1. The van der Waals surface area contributed by atoms with Gasteiger partial charge in [0.15, 0.2) is 6.61 Å². The van der Waals surface area contributed by atoms with Crippen LogP contribution in [-0.2, 0) is 4.79 Å². The molecule has 1 N–H and O–H groups in total. The van der Waals surface area contributed by atoms with E-state index in [4.69, 9.17) is 4.74 Å². The largest absolute Gasteiger partial charge is 0.483 e. The topological polar surface area (TPSA) is 50.7 Å². The van der Waals surface area contributed by atoms with Gasteiger partial charge in [-0.1, -0.05) is 54.0 Å². The molecule has 0 aromatic heterocycles. The summed E-state index contributed by atoms with van der Waals surface area (Å²) < 4.78 is 6.58. The Morgan fingerprint density at radius 2 is 2.08 bits per heavy atom. The van der Waals surface area contributed by atoms with E-state index < -0.39 is 0 Å². The molecule has 126 valence electrons. The molecule has 0 fully saturated rings. The molecule has 0 aliphatic rings. The van der Waals surface area contributed by atoms with Crippen LogP contribution in [0.5, 0.6) is 5.75 Å². The summed E-state index contributed by atoms with van der Waals surface area (Å²) in [5, 5.41) is 3.94. The first-order valence-electron chi connectivity index (χ1n) is 7.76. The number of rotatable bonds is 6. The van der Waals surface area contributed by atoms with Crippen LogP contribution >= 0.6 is 15.9 Å². The molecule has 0 atom stereocenters. The first kappa shape index (κ1) is 18.2. The maximum atomic E-state index is 11.8. The van der Waals surface area contributed by atoms with E-state index in [1.54, 1.807) is 6.21 Å². The number of halogens is 1. The first-order valence-corrected chi connectivity index (χ1v) is 8.56. The molecule has 0 aliphatic heterocycles. The lowest BCUT2D eigenvalue weighted by molar-refractivity contribution is -0.123. The predicted molar refractivity (Wildman–Crippen MR) is 101 cm³/mol. The number of hydrazone groups is 1. The van der Waals surface area contributed by atoms with Crippen LogP contribution < -0.4 is 10.2 Å². The van der Waals surface area contributed by atoms with Crippen molar-refractivity contribution in [1.29, 1.82) is 0 Å². The highest BCUT2D eigenvalue weighted by atomic mass is 79.9. The van der Waals surface area contributed by atoms with E-state index >= 15 is 0 Å². The molecule has 1 amide bonds. The molecule has 0 saturated heterocycles. The predicted octanol–water partition coefficient (Wildman–Crippen LogP) is 4.41. The second-order valence-corrected chi connectivity index (χ2v) is 6.73. The van der Waals surface area contributed by atoms with Gasteiger partial charge in [-0.2, -0.15) is 5.10 Å². The van der Waals surface area contributed by atoms with Gasteiger partial charge in [-0.3, -0.25) is 4.79 Å². The van der Waals surface area contributed by atoms with E-state index in [2.05, 4.69) is 46.4 Å². The zero-order valence-electron chi connectivity index (χ0n) is 14.0. The summed E-state index contributed by atoms with van der Waals surface area (Å²) in [4.78, 5) is 11.8. The molecule has 0 aliphatic carbocycles. The summed E-state index contributed by atoms with van der Waals surface area (Å²) in [6.45, 7) is 6.14. The number of amides is 1. The quantitative estimate of drug-likeness (QED) is 0.588. The van der Waals surface area contributed by atoms with Gasteiger partial charge in [-0.15, -0.1) is 0 Å². The van der Waals surface area contributed by atoms with Crippen molar-refractivity contribution in [2.75, 3.05) is 6.61 Å². The Morgan fingerprint density at radius 1 is 1.29 bits per heavy atom. The molecule has 0 unspecified atom stereocenters. The van der Waals surface area contributed by atoms with Crippen LogP contribution in [0.2, 0.25) is 0 Å². The van der Waals surface area contributed by atoms with Crippen molar-refractivity contribution in [1.82, 2.24) is 5.43 Å². The highest BCUT2D eigenvalue weighted by molar-refractivity contribution is 9.10. The third-order valence-corrected chi connectivity index (χ3v) is 3.98. The molecule has 0 bridgehead atoms. The third-order valence-electron chi connectivity index (χ3n) is 3.49. The minimum absolute atomic E-state index is 0.0712. The minimum atomic E-state index is -0.296. The van der Waals surface area contributed by atoms with Gasteiger partial charge in [-0.05, 0) is 47.7 Å². The molecule has 0 saturated carbocycles. The van der Waals surface area contributed by atoms with E-state index in [9.17, 15) is 4.79 Å². The van der Waals surface area contributed by atoms with Crippen molar-refractivity contribution in [2.45, 2.75) is 26.7 Å². The smallest absolute Gasteiger partial charge is 0.277 e. The van der Waals surface area contributed by atoms with Crippen molar-refractivity contribution in [3.8, 4) is 5.75 Å². The van der Waals surface area contributed by atoms with Crippen molar-refractivity contribution in [3.63, 3.8) is 0 Å². The van der Waals surface area contributed by atoms with Crippen molar-refractivity contribution in [2.24, 2.45) is 5.10 Å². The van der Waals surface area contributed by atoms with Crippen molar-refractivity contribution < 1.29 is 9.53 Å². The molecule has 2 rings (SSSR count). The zero-order valence-corrected chi connectivity index (χ0v) is 15.6. The SMILES string of the molecule is Cc1ccc(C(C)C)cc1OCC(=O)N/N=C\c1cccc(Br)c1. The van der Waals surface area contributed by atoms with Crippen LogP contribution in [0.3, 0.4) is 0 Å². The number of hydrogen-bond acceptors (Lipinski definition) is 3. The Morgan fingerprint density at radius 3 is 2.79 bits per heavy atom. The lowest BCUT2D eigenvalue weighted by Gasteiger charge is -2.12. The summed E-state index contributed by atoms with van der Waals surface area (Å²) in [5.74, 6) is 0.847. The summed E-state index contributed by atoms with van der Waals surface area (Å²) >= 11 is 3.39. The van der Waals surface area contributed by atoms with E-state index in [0.29, 0.717) is 5.92 Å². The number of nitrogens with zero attached hydrogens (tertiary/aromatic N) is 1. The highest BCUT2D eigenvalue weighted by Gasteiger charge is 2.07. The summed E-state index contributed by atoms with van der Waals surface area (Å²) in [5.41, 5.74) is 5.55. The van der Waals surface area contributed by atoms with Crippen molar-refractivity contribution >= 4 is 28.1 Å². The number of aryl methyl sites for hydroxylation is 1. The van der Waals surface area contributed by atoms with Crippen LogP contribution in [0.1, 0.15) is 36.5 Å². The van der Waals surface area contributed by atoms with E-state index in [1.165, 1.54) is 5.56 Å². The lowest BCUT2D eigenvalue weighted by Crippen LogP contribution is -2.24. The third kappa shape index (κ3) is 5.49. The van der Waals surface area contributed by atoms with Gasteiger partial charge in [0, 0.05) is 4.47 Å². The molecule has 24 heavy (non-hydrogen) atoms. The molecule has 0 spiro atoms. The summed E-state index contributed by atoms with van der Waals surface area (Å²) in [6.07, 6.45) is 1.59. The highest BCUT2D eigenvalue weighted by Crippen LogP contribution is 2.24. The Bertz CT molecular complexity index is 742. The van der Waals surface area contributed by atoms with Crippen LogP contribution in [0.15, 0.2) is 52.0 Å². The fraction of sp³-hybridized carbons (Fsp3) is 0.263. The number of benzene rings is 2. The van der Waals surface area contributed by atoms with Gasteiger partial charge in [0.25, 0.3) is 5.91 Å². The second-order valence-electron chi connectivity index (χ2n) is 5.82. The molecule has 0 radical (unpaired) electrons. The van der Waals surface area contributed by atoms with Gasteiger partial charge in [-0.25, -0.2) is 5.43 Å². The molecular weight excluding hydrogens is 368 g/mol. The Kier molecular flexibility index (Phi) is 6.55. The molecule has 2 aromatic carbocycles. The standard InChI is InChI=1S/C19H21BrN2O2/c1-13(2)16-8-7-14(3)18(10-16)24-12-19(23)22-21-11-15-5-4-6-17(20)9-15/h4-11,13H,12H2,1-3H3,(H,22,23)/b21-11-.